The van der Waals surface area contributed by atoms with Gasteiger partial charge in [0.2, 0.25) is 0 Å². The lowest BCUT2D eigenvalue weighted by molar-refractivity contribution is -0.331. The largest absolute Gasteiger partial charge is 0.505 e. The predicted octanol–water partition coefficient (Wildman–Crippen LogP) is 3.62. The average molecular weight is 262 g/mol. The summed E-state index contributed by atoms with van der Waals surface area (Å²) in [5.74, 6) is 0.0441. The zero-order chi connectivity index (χ0) is 13.8. The van der Waals surface area contributed by atoms with E-state index in [1.165, 1.54) is 0 Å². The summed E-state index contributed by atoms with van der Waals surface area (Å²) < 4.78 is 4.63. The highest BCUT2D eigenvalue weighted by Gasteiger charge is 2.20. The van der Waals surface area contributed by atoms with Gasteiger partial charge in [-0.3, -0.25) is 0 Å². The third-order valence-electron chi connectivity index (χ3n) is 2.81. The predicted molar refractivity (Wildman–Crippen MR) is 68.4 cm³/mol. The number of unbranched alkanes of at least 4 members (excludes halogenated alkanes) is 2. The summed E-state index contributed by atoms with van der Waals surface area (Å²) in [6.45, 7) is 6.79. The summed E-state index contributed by atoms with van der Waals surface area (Å²) in [6, 6.07) is 0. The summed E-state index contributed by atoms with van der Waals surface area (Å²) >= 11 is 0. The molecule has 0 aliphatic carbocycles. The zero-order valence-corrected chi connectivity index (χ0v) is 11.7. The van der Waals surface area contributed by atoms with Crippen molar-refractivity contribution in [3.05, 3.63) is 0 Å². The molecule has 0 saturated heterocycles. The average Bonchev–Trinajstić information content (AvgIpc) is 2.34. The first-order valence-corrected chi connectivity index (χ1v) is 6.75. The Labute approximate surface area is 109 Å². The molecule has 2 unspecified atom stereocenters. The van der Waals surface area contributed by atoms with Crippen molar-refractivity contribution in [2.45, 2.75) is 59.0 Å². The van der Waals surface area contributed by atoms with Crippen LogP contribution in [0.1, 0.15) is 52.9 Å². The van der Waals surface area contributed by atoms with Crippen molar-refractivity contribution >= 4 is 6.16 Å². The molecule has 0 amide bonds. The lowest BCUT2D eigenvalue weighted by atomic mass is 9.98. The molecule has 0 aromatic rings. The second-order valence-electron chi connectivity index (χ2n) is 4.46. The van der Waals surface area contributed by atoms with E-state index < -0.39 is 6.16 Å². The van der Waals surface area contributed by atoms with Crippen LogP contribution in [0.5, 0.6) is 0 Å². The summed E-state index contributed by atoms with van der Waals surface area (Å²) in [7, 11) is 0. The molecule has 0 aromatic heterocycles. The molecule has 0 aliphatic rings. The van der Waals surface area contributed by atoms with Crippen LogP contribution < -0.4 is 0 Å². The number of carbonyl (C=O) groups is 1. The summed E-state index contributed by atoms with van der Waals surface area (Å²) in [5.41, 5.74) is 0. The maximum Gasteiger partial charge on any atom is 0.505 e. The van der Waals surface area contributed by atoms with Gasteiger partial charge in [-0.1, -0.05) is 33.1 Å². The number of ether oxygens (including phenoxy) is 1. The van der Waals surface area contributed by atoms with E-state index in [0.29, 0.717) is 6.61 Å². The molecule has 0 heterocycles. The van der Waals surface area contributed by atoms with Crippen LogP contribution in [-0.4, -0.2) is 30.6 Å². The molecule has 0 aromatic carbocycles. The Hall–Kier alpha value is -0.810. The molecular weight excluding hydrogens is 236 g/mol. The molecule has 0 rings (SSSR count). The Balaban J connectivity index is 3.96. The van der Waals surface area contributed by atoms with E-state index in [1.807, 2.05) is 6.92 Å². The van der Waals surface area contributed by atoms with E-state index >= 15 is 0 Å². The third-order valence-corrected chi connectivity index (χ3v) is 2.81. The van der Waals surface area contributed by atoms with Gasteiger partial charge in [0.25, 0.3) is 0 Å². The van der Waals surface area contributed by atoms with Crippen LogP contribution in [0.15, 0.2) is 0 Å². The number of rotatable bonds is 11. The van der Waals surface area contributed by atoms with Crippen molar-refractivity contribution in [2.24, 2.45) is 5.92 Å². The molecule has 108 valence electrons. The van der Waals surface area contributed by atoms with Crippen LogP contribution in [0.4, 0.5) is 4.79 Å². The van der Waals surface area contributed by atoms with E-state index in [9.17, 15) is 4.79 Å². The van der Waals surface area contributed by atoms with Crippen molar-refractivity contribution < 1.29 is 24.4 Å². The van der Waals surface area contributed by atoms with E-state index in [1.54, 1.807) is 0 Å². The highest BCUT2D eigenvalue weighted by atomic mass is 17.2. The van der Waals surface area contributed by atoms with Gasteiger partial charge in [-0.2, -0.15) is 0 Å². The van der Waals surface area contributed by atoms with E-state index in [-0.39, 0.29) is 18.6 Å². The Morgan fingerprint density at radius 2 is 1.89 bits per heavy atom. The van der Waals surface area contributed by atoms with Gasteiger partial charge in [0, 0.05) is 5.92 Å². The summed E-state index contributed by atoms with van der Waals surface area (Å²) in [6.07, 6.45) is 3.58. The molecule has 0 spiro atoms. The van der Waals surface area contributed by atoms with Crippen LogP contribution in [0.25, 0.3) is 0 Å². The van der Waals surface area contributed by atoms with Gasteiger partial charge in [-0.15, -0.1) is 0 Å². The minimum Gasteiger partial charge on any atom is -0.450 e. The summed E-state index contributed by atoms with van der Waals surface area (Å²) in [4.78, 5) is 20.8. The monoisotopic (exact) mass is 262 g/mol. The van der Waals surface area contributed by atoms with Gasteiger partial charge >= 0.3 is 6.16 Å². The quantitative estimate of drug-likeness (QED) is 0.266. The summed E-state index contributed by atoms with van der Waals surface area (Å²) in [5, 5.41) is 8.52. The first-order valence-electron chi connectivity index (χ1n) is 6.75. The fourth-order valence-corrected chi connectivity index (χ4v) is 1.54. The van der Waals surface area contributed by atoms with Gasteiger partial charge < -0.3 is 9.84 Å². The molecule has 5 nitrogen and oxygen atoms in total. The molecule has 2 atom stereocenters. The smallest absolute Gasteiger partial charge is 0.450 e. The minimum atomic E-state index is -1.24. The molecule has 0 radical (unpaired) electrons. The Kier molecular flexibility index (Phi) is 10.8. The zero-order valence-electron chi connectivity index (χ0n) is 11.7. The number of hydrogen-bond acceptors (Lipinski definition) is 4. The van der Waals surface area contributed by atoms with E-state index in [2.05, 4.69) is 18.6 Å². The van der Waals surface area contributed by atoms with Crippen LogP contribution >= 0.6 is 0 Å². The highest BCUT2D eigenvalue weighted by Crippen LogP contribution is 2.17. The van der Waals surface area contributed by atoms with Crippen molar-refractivity contribution in [3.8, 4) is 0 Å². The molecule has 0 aliphatic heterocycles. The Morgan fingerprint density at radius 3 is 2.44 bits per heavy atom. The van der Waals surface area contributed by atoms with Crippen molar-refractivity contribution in [1.29, 1.82) is 0 Å². The van der Waals surface area contributed by atoms with Crippen molar-refractivity contribution in [3.63, 3.8) is 0 Å². The van der Waals surface area contributed by atoms with Crippen LogP contribution in [0.3, 0.4) is 0 Å². The second kappa shape index (κ2) is 11.3. The number of carboxylic acid groups (broad SMARTS) is 1. The van der Waals surface area contributed by atoms with E-state index in [4.69, 9.17) is 14.9 Å². The van der Waals surface area contributed by atoms with Crippen molar-refractivity contribution in [1.82, 2.24) is 0 Å². The molecule has 0 fully saturated rings. The minimum absolute atomic E-state index is 0.0441. The first-order chi connectivity index (χ1) is 8.61. The second-order valence-corrected chi connectivity index (χ2v) is 4.46. The molecule has 18 heavy (non-hydrogen) atoms. The molecular formula is C13H26O5. The highest BCUT2D eigenvalue weighted by molar-refractivity contribution is 5.56. The van der Waals surface area contributed by atoms with Crippen molar-refractivity contribution in [2.75, 3.05) is 13.2 Å². The maximum atomic E-state index is 10.4. The fraction of sp³-hybridized carbons (Fsp3) is 0.923. The van der Waals surface area contributed by atoms with Gasteiger partial charge in [-0.25, -0.2) is 14.6 Å². The van der Waals surface area contributed by atoms with Crippen LogP contribution in [0, 0.1) is 5.92 Å². The molecule has 0 saturated carbocycles. The molecule has 1 N–H and O–H groups in total. The van der Waals surface area contributed by atoms with E-state index in [0.717, 1.165) is 32.1 Å². The standard InChI is InChI=1S/C13H26O5/c1-4-6-8-12(10-16-13(14)15)11(3)18-17-9-7-5-2/h11-12H,4-10H2,1-3H3,(H,14,15). The maximum absolute atomic E-state index is 10.4. The first kappa shape index (κ1) is 17.2. The van der Waals surface area contributed by atoms with Crippen LogP contribution in [-0.2, 0) is 14.5 Å². The molecule has 5 heteroatoms. The topological polar surface area (TPSA) is 65.0 Å². The van der Waals surface area contributed by atoms with Gasteiger partial charge in [0.05, 0.1) is 12.7 Å². The number of hydrogen-bond donors (Lipinski definition) is 1. The van der Waals surface area contributed by atoms with Gasteiger partial charge in [0.15, 0.2) is 0 Å². The lowest BCUT2D eigenvalue weighted by Crippen LogP contribution is -2.26. The lowest BCUT2D eigenvalue weighted by Gasteiger charge is -2.22. The third kappa shape index (κ3) is 9.24. The molecule has 0 bridgehead atoms. The van der Waals surface area contributed by atoms with Gasteiger partial charge in [-0.05, 0) is 19.8 Å². The van der Waals surface area contributed by atoms with Gasteiger partial charge in [0.1, 0.15) is 6.61 Å². The van der Waals surface area contributed by atoms with Crippen LogP contribution in [0.2, 0.25) is 0 Å². The Morgan fingerprint density at radius 1 is 1.22 bits per heavy atom. The normalized spacial score (nSPS) is 14.2. The fourth-order valence-electron chi connectivity index (χ4n) is 1.54. The SMILES string of the molecule is CCCCOOC(C)C(CCCC)COC(=O)O. The Bertz CT molecular complexity index is 208.